The number of benzene rings is 1. The van der Waals surface area contributed by atoms with E-state index < -0.39 is 18.0 Å². The van der Waals surface area contributed by atoms with E-state index in [1.165, 1.54) is 18.3 Å². The van der Waals surface area contributed by atoms with Crippen LogP contribution in [0.1, 0.15) is 22.0 Å². The van der Waals surface area contributed by atoms with Crippen molar-refractivity contribution in [3.8, 4) is 0 Å². The Bertz CT molecular complexity index is 603. The van der Waals surface area contributed by atoms with Crippen LogP contribution in [0.4, 0.5) is 0 Å². The van der Waals surface area contributed by atoms with Crippen molar-refractivity contribution in [3.63, 3.8) is 0 Å². The first kappa shape index (κ1) is 11.2. The number of carboxylic acids is 2. The van der Waals surface area contributed by atoms with Gasteiger partial charge in [0.15, 0.2) is 0 Å². The third kappa shape index (κ3) is 1.85. The second-order valence-corrected chi connectivity index (χ2v) is 3.63. The Kier molecular flexibility index (Phi) is 2.57. The molecule has 5 N–H and O–H groups in total. The van der Waals surface area contributed by atoms with Crippen LogP contribution in [0, 0.1) is 0 Å². The molecule has 0 spiro atoms. The number of aromatic amines is 1. The zero-order valence-electron chi connectivity index (χ0n) is 8.68. The summed E-state index contributed by atoms with van der Waals surface area (Å²) >= 11 is 0. The van der Waals surface area contributed by atoms with Gasteiger partial charge in [-0.25, -0.2) is 4.79 Å². The average Bonchev–Trinajstić information content (AvgIpc) is 2.70. The number of nitrogens with one attached hydrogen (secondary N) is 1. The number of fused-ring (bicyclic) bond motifs is 1. The smallest absolute Gasteiger partial charge is 0.335 e. The molecule has 1 unspecified atom stereocenters. The van der Waals surface area contributed by atoms with Crippen molar-refractivity contribution in [2.45, 2.75) is 6.04 Å². The molecule has 0 radical (unpaired) electrons. The van der Waals surface area contributed by atoms with Gasteiger partial charge >= 0.3 is 11.9 Å². The maximum Gasteiger partial charge on any atom is 0.335 e. The predicted octanol–water partition coefficient (Wildman–Crippen LogP) is 0.950. The number of H-pyrrole nitrogens is 1. The first-order valence-corrected chi connectivity index (χ1v) is 4.83. The molecule has 0 fully saturated rings. The lowest BCUT2D eigenvalue weighted by Crippen LogP contribution is -2.20. The number of nitrogens with two attached hydrogens (primary N) is 1. The van der Waals surface area contributed by atoms with Crippen LogP contribution in [-0.4, -0.2) is 27.1 Å². The summed E-state index contributed by atoms with van der Waals surface area (Å²) in [4.78, 5) is 24.5. The molecule has 6 heteroatoms. The highest BCUT2D eigenvalue weighted by atomic mass is 16.4. The summed E-state index contributed by atoms with van der Waals surface area (Å²) in [7, 11) is 0. The Balaban J connectivity index is 2.61. The lowest BCUT2D eigenvalue weighted by molar-refractivity contribution is -0.138. The second-order valence-electron chi connectivity index (χ2n) is 3.63. The van der Waals surface area contributed by atoms with E-state index in [4.69, 9.17) is 15.9 Å². The molecule has 2 aromatic rings. The van der Waals surface area contributed by atoms with Crippen LogP contribution >= 0.6 is 0 Å². The SMILES string of the molecule is NC(C(=O)O)c1c[nH]c2ccc(C(=O)O)cc12. The molecular weight excluding hydrogens is 224 g/mol. The normalized spacial score (nSPS) is 12.5. The molecule has 0 saturated heterocycles. The maximum absolute atomic E-state index is 10.8. The van der Waals surface area contributed by atoms with E-state index in [9.17, 15) is 9.59 Å². The molecule has 2 rings (SSSR count). The molecule has 17 heavy (non-hydrogen) atoms. The van der Waals surface area contributed by atoms with E-state index >= 15 is 0 Å². The van der Waals surface area contributed by atoms with Crippen molar-refractivity contribution < 1.29 is 19.8 Å². The molecule has 6 nitrogen and oxygen atoms in total. The third-order valence-electron chi connectivity index (χ3n) is 2.56. The topological polar surface area (TPSA) is 116 Å². The summed E-state index contributed by atoms with van der Waals surface area (Å²) < 4.78 is 0. The van der Waals surface area contributed by atoms with Crippen molar-refractivity contribution in [2.24, 2.45) is 5.73 Å². The summed E-state index contributed by atoms with van der Waals surface area (Å²) in [6, 6.07) is 3.26. The highest BCUT2D eigenvalue weighted by Crippen LogP contribution is 2.24. The van der Waals surface area contributed by atoms with Gasteiger partial charge < -0.3 is 20.9 Å². The number of aliphatic carboxylic acids is 1. The quantitative estimate of drug-likeness (QED) is 0.630. The number of hydrogen-bond donors (Lipinski definition) is 4. The van der Waals surface area contributed by atoms with Crippen LogP contribution in [0.3, 0.4) is 0 Å². The van der Waals surface area contributed by atoms with E-state index in [2.05, 4.69) is 4.98 Å². The van der Waals surface area contributed by atoms with Gasteiger partial charge in [0.1, 0.15) is 6.04 Å². The lowest BCUT2D eigenvalue weighted by Gasteiger charge is -2.04. The molecule has 1 aromatic carbocycles. The van der Waals surface area contributed by atoms with Crippen molar-refractivity contribution in [3.05, 3.63) is 35.5 Å². The van der Waals surface area contributed by atoms with Crippen LogP contribution < -0.4 is 5.73 Å². The highest BCUT2D eigenvalue weighted by molar-refractivity contribution is 5.96. The molecule has 1 aromatic heterocycles. The van der Waals surface area contributed by atoms with E-state index in [1.807, 2.05) is 0 Å². The molecule has 1 heterocycles. The summed E-state index contributed by atoms with van der Waals surface area (Å²) in [5, 5.41) is 18.2. The molecule has 0 amide bonds. The summed E-state index contributed by atoms with van der Waals surface area (Å²) in [6.45, 7) is 0. The minimum absolute atomic E-state index is 0.0935. The van der Waals surface area contributed by atoms with Crippen LogP contribution in [0.15, 0.2) is 24.4 Å². The fraction of sp³-hybridized carbons (Fsp3) is 0.0909. The zero-order valence-corrected chi connectivity index (χ0v) is 8.68. The Labute approximate surface area is 95.7 Å². The van der Waals surface area contributed by atoms with E-state index in [0.29, 0.717) is 16.5 Å². The lowest BCUT2D eigenvalue weighted by atomic mass is 10.0. The zero-order chi connectivity index (χ0) is 12.6. The van der Waals surface area contributed by atoms with Gasteiger partial charge in [0.25, 0.3) is 0 Å². The number of aromatic nitrogens is 1. The molecule has 0 aliphatic carbocycles. The number of carbonyl (C=O) groups is 2. The van der Waals surface area contributed by atoms with Gasteiger partial charge in [-0.15, -0.1) is 0 Å². The molecule has 1 atom stereocenters. The third-order valence-corrected chi connectivity index (χ3v) is 2.56. The van der Waals surface area contributed by atoms with Crippen molar-refractivity contribution in [2.75, 3.05) is 0 Å². The Morgan fingerprint density at radius 1 is 1.29 bits per heavy atom. The molecule has 0 bridgehead atoms. The number of aromatic carboxylic acids is 1. The first-order chi connectivity index (χ1) is 8.00. The predicted molar refractivity (Wildman–Crippen MR) is 59.8 cm³/mol. The molecule has 0 saturated carbocycles. The Hall–Kier alpha value is -2.34. The number of carboxylic acid groups (broad SMARTS) is 2. The summed E-state index contributed by atoms with van der Waals surface area (Å²) in [6.07, 6.45) is 1.48. The summed E-state index contributed by atoms with van der Waals surface area (Å²) in [5.41, 5.74) is 6.63. The van der Waals surface area contributed by atoms with Gasteiger partial charge in [-0.05, 0) is 18.2 Å². The van der Waals surface area contributed by atoms with Crippen LogP contribution in [0.2, 0.25) is 0 Å². The van der Waals surface area contributed by atoms with Gasteiger partial charge in [0, 0.05) is 22.7 Å². The minimum atomic E-state index is -1.17. The van der Waals surface area contributed by atoms with Crippen molar-refractivity contribution in [1.29, 1.82) is 0 Å². The highest BCUT2D eigenvalue weighted by Gasteiger charge is 2.19. The van der Waals surface area contributed by atoms with Gasteiger partial charge in [-0.3, -0.25) is 4.79 Å². The largest absolute Gasteiger partial charge is 0.480 e. The summed E-state index contributed by atoms with van der Waals surface area (Å²) in [5.74, 6) is -2.23. The van der Waals surface area contributed by atoms with Gasteiger partial charge in [-0.2, -0.15) is 0 Å². The first-order valence-electron chi connectivity index (χ1n) is 4.83. The monoisotopic (exact) mass is 234 g/mol. The number of rotatable bonds is 3. The van der Waals surface area contributed by atoms with E-state index in [-0.39, 0.29) is 5.56 Å². The van der Waals surface area contributed by atoms with Crippen molar-refractivity contribution >= 4 is 22.8 Å². The molecule has 0 aliphatic heterocycles. The maximum atomic E-state index is 10.8. The Morgan fingerprint density at radius 3 is 2.59 bits per heavy atom. The molecule has 88 valence electrons. The fourth-order valence-electron chi connectivity index (χ4n) is 1.67. The van der Waals surface area contributed by atoms with Gasteiger partial charge in [-0.1, -0.05) is 0 Å². The van der Waals surface area contributed by atoms with Crippen LogP contribution in [0.5, 0.6) is 0 Å². The molecule has 0 aliphatic rings. The number of hydrogen-bond acceptors (Lipinski definition) is 3. The van der Waals surface area contributed by atoms with Crippen LogP contribution in [-0.2, 0) is 4.79 Å². The van der Waals surface area contributed by atoms with Crippen molar-refractivity contribution in [1.82, 2.24) is 4.98 Å². The average molecular weight is 234 g/mol. The molecular formula is C11H10N2O4. The van der Waals surface area contributed by atoms with Crippen LogP contribution in [0.25, 0.3) is 10.9 Å². The van der Waals surface area contributed by atoms with E-state index in [0.717, 1.165) is 0 Å². The second kappa shape index (κ2) is 3.91. The Morgan fingerprint density at radius 2 is 2.00 bits per heavy atom. The van der Waals surface area contributed by atoms with Gasteiger partial charge in [0.05, 0.1) is 5.56 Å². The van der Waals surface area contributed by atoms with E-state index in [1.54, 1.807) is 6.07 Å². The fourth-order valence-corrected chi connectivity index (χ4v) is 1.67. The standard InChI is InChI=1S/C11H10N2O4/c12-9(11(16)17)7-4-13-8-2-1-5(10(14)15)3-6(7)8/h1-4,9,13H,12H2,(H,14,15)(H,16,17). The van der Waals surface area contributed by atoms with Gasteiger partial charge in [0.2, 0.25) is 0 Å². The minimum Gasteiger partial charge on any atom is -0.480 e.